The highest BCUT2D eigenvalue weighted by Crippen LogP contribution is 2.33. The molecule has 0 saturated carbocycles. The van der Waals surface area contributed by atoms with Crippen molar-refractivity contribution in [3.8, 4) is 0 Å². The Morgan fingerprint density at radius 1 is 0.973 bits per heavy atom. The lowest BCUT2D eigenvalue weighted by Crippen LogP contribution is -2.43. The van der Waals surface area contributed by atoms with E-state index in [0.717, 1.165) is 43.9 Å². The van der Waals surface area contributed by atoms with Crippen molar-refractivity contribution in [1.82, 2.24) is 9.80 Å². The number of ether oxygens (including phenoxy) is 1. The minimum atomic E-state index is -4.57. The van der Waals surface area contributed by atoms with E-state index >= 15 is 0 Å². The van der Waals surface area contributed by atoms with Crippen LogP contribution < -0.4 is 10.2 Å². The monoisotopic (exact) mass is 518 g/mol. The van der Waals surface area contributed by atoms with Crippen LogP contribution in [-0.2, 0) is 23.9 Å². The Hall–Kier alpha value is -3.11. The molecule has 1 fully saturated rings. The van der Waals surface area contributed by atoms with Crippen LogP contribution in [-0.4, -0.2) is 67.2 Å². The molecule has 200 valence electrons. The number of anilines is 2. The zero-order valence-corrected chi connectivity index (χ0v) is 21.6. The van der Waals surface area contributed by atoms with Crippen LogP contribution in [0.5, 0.6) is 0 Å². The predicted octanol–water partition coefficient (Wildman–Crippen LogP) is 5.00. The fourth-order valence-electron chi connectivity index (χ4n) is 4.51. The fourth-order valence-corrected chi connectivity index (χ4v) is 4.51. The van der Waals surface area contributed by atoms with Crippen LogP contribution >= 0.6 is 0 Å². The number of carbonyl (C=O) groups excluding carboxylic acids is 2. The number of benzene rings is 2. The quantitative estimate of drug-likeness (QED) is 0.617. The van der Waals surface area contributed by atoms with E-state index in [1.165, 1.54) is 11.0 Å². The molecule has 4 rings (SSSR count). The number of nitrogens with one attached hydrogen (secondary N) is 1. The number of fused-ring (bicyclic) bond motifs is 1. The van der Waals surface area contributed by atoms with Crippen LogP contribution in [0.2, 0.25) is 0 Å². The number of carbonyl (C=O) groups is 2. The molecule has 1 N–H and O–H groups in total. The number of likely N-dealkylation sites (N-methyl/N-ethyl adjacent to an activating group) is 1. The highest BCUT2D eigenvalue weighted by molar-refractivity contribution is 6.05. The standard InChI is InChI=1S/C27H33F3N4O3/c1-26(2,3)37-25(36)34-8-7-19-5-6-22(16-23(19)34)31-24(35)20-13-18(14-21(15-20)27(28,29)30)17-33-11-9-32(4)10-12-33/h5-6,13-16H,7-12,17H2,1-4H3,(H,31,35). The molecule has 0 aromatic heterocycles. The summed E-state index contributed by atoms with van der Waals surface area (Å²) in [5, 5.41) is 2.71. The van der Waals surface area contributed by atoms with Gasteiger partial charge in [0.15, 0.2) is 0 Å². The maximum absolute atomic E-state index is 13.7. The molecular formula is C27H33F3N4O3. The zero-order valence-electron chi connectivity index (χ0n) is 21.6. The summed E-state index contributed by atoms with van der Waals surface area (Å²) in [5.74, 6) is -0.646. The maximum Gasteiger partial charge on any atom is 0.416 e. The first-order valence-corrected chi connectivity index (χ1v) is 12.4. The summed E-state index contributed by atoms with van der Waals surface area (Å²) in [4.78, 5) is 31.5. The van der Waals surface area contributed by atoms with E-state index in [1.807, 2.05) is 7.05 Å². The van der Waals surface area contributed by atoms with Crippen molar-refractivity contribution in [2.75, 3.05) is 50.0 Å². The van der Waals surface area contributed by atoms with E-state index in [0.29, 0.717) is 36.4 Å². The van der Waals surface area contributed by atoms with Crippen LogP contribution in [0.3, 0.4) is 0 Å². The largest absolute Gasteiger partial charge is 0.443 e. The third-order valence-corrected chi connectivity index (χ3v) is 6.44. The maximum atomic E-state index is 13.7. The topological polar surface area (TPSA) is 65.1 Å². The van der Waals surface area contributed by atoms with Crippen molar-refractivity contribution in [3.63, 3.8) is 0 Å². The minimum absolute atomic E-state index is 0.0663. The summed E-state index contributed by atoms with van der Waals surface area (Å²) in [6.07, 6.45) is -4.41. The van der Waals surface area contributed by atoms with Crippen LogP contribution in [0.25, 0.3) is 0 Å². The van der Waals surface area contributed by atoms with E-state index in [2.05, 4.69) is 15.1 Å². The molecule has 2 aromatic rings. The van der Waals surface area contributed by atoms with Gasteiger partial charge in [0.05, 0.1) is 11.3 Å². The molecule has 0 unspecified atom stereocenters. The van der Waals surface area contributed by atoms with Crippen molar-refractivity contribution < 1.29 is 27.5 Å². The van der Waals surface area contributed by atoms with Crippen LogP contribution in [0.4, 0.5) is 29.3 Å². The Balaban J connectivity index is 1.54. The number of hydrogen-bond acceptors (Lipinski definition) is 5. The van der Waals surface area contributed by atoms with Gasteiger partial charge < -0.3 is 15.0 Å². The number of halogens is 3. The van der Waals surface area contributed by atoms with Gasteiger partial charge in [-0.1, -0.05) is 6.07 Å². The molecule has 37 heavy (non-hydrogen) atoms. The van der Waals surface area contributed by atoms with Gasteiger partial charge in [0.1, 0.15) is 5.60 Å². The van der Waals surface area contributed by atoms with Gasteiger partial charge >= 0.3 is 12.3 Å². The van der Waals surface area contributed by atoms with Gasteiger partial charge in [0.25, 0.3) is 5.91 Å². The van der Waals surface area contributed by atoms with Crippen molar-refractivity contribution in [2.24, 2.45) is 0 Å². The Kier molecular flexibility index (Phi) is 7.52. The predicted molar refractivity (Wildman–Crippen MR) is 136 cm³/mol. The molecule has 2 aliphatic heterocycles. The lowest BCUT2D eigenvalue weighted by Gasteiger charge is -2.32. The number of piperazine rings is 1. The van der Waals surface area contributed by atoms with Crippen LogP contribution in [0.15, 0.2) is 36.4 Å². The molecule has 10 heteroatoms. The van der Waals surface area contributed by atoms with Crippen LogP contribution in [0, 0.1) is 0 Å². The smallest absolute Gasteiger partial charge is 0.416 e. The number of amides is 2. The van der Waals surface area contributed by atoms with Crippen molar-refractivity contribution in [2.45, 2.75) is 45.5 Å². The second-order valence-corrected chi connectivity index (χ2v) is 10.7. The lowest BCUT2D eigenvalue weighted by molar-refractivity contribution is -0.137. The first-order valence-electron chi connectivity index (χ1n) is 12.4. The first-order chi connectivity index (χ1) is 17.3. The van der Waals surface area contributed by atoms with Gasteiger partial charge in [-0.05, 0) is 75.7 Å². The summed E-state index contributed by atoms with van der Waals surface area (Å²) < 4.78 is 46.4. The Morgan fingerprint density at radius 3 is 2.32 bits per heavy atom. The summed E-state index contributed by atoms with van der Waals surface area (Å²) in [6, 6.07) is 8.66. The highest BCUT2D eigenvalue weighted by atomic mass is 19.4. The normalized spacial score (nSPS) is 17.0. The molecule has 2 aromatic carbocycles. The highest BCUT2D eigenvalue weighted by Gasteiger charge is 2.33. The summed E-state index contributed by atoms with van der Waals surface area (Å²) >= 11 is 0. The molecule has 2 amide bonds. The van der Waals surface area contributed by atoms with Gasteiger partial charge in [-0.2, -0.15) is 13.2 Å². The molecule has 0 radical (unpaired) electrons. The van der Waals surface area contributed by atoms with E-state index in [1.54, 1.807) is 39.0 Å². The second-order valence-electron chi connectivity index (χ2n) is 10.7. The van der Waals surface area contributed by atoms with E-state index in [-0.39, 0.29) is 5.56 Å². The number of nitrogens with zero attached hydrogens (tertiary/aromatic N) is 3. The average Bonchev–Trinajstić information content (AvgIpc) is 3.22. The SMILES string of the molecule is CN1CCN(Cc2cc(C(=O)Nc3ccc4c(c3)N(C(=O)OC(C)(C)C)CC4)cc(C(F)(F)F)c2)CC1. The Morgan fingerprint density at radius 2 is 1.68 bits per heavy atom. The second kappa shape index (κ2) is 10.3. The molecule has 2 heterocycles. The number of hydrogen-bond donors (Lipinski definition) is 1. The average molecular weight is 519 g/mol. The van der Waals surface area contributed by atoms with Crippen molar-refractivity contribution >= 4 is 23.4 Å². The van der Waals surface area contributed by atoms with Gasteiger partial charge in [-0.3, -0.25) is 14.6 Å². The minimum Gasteiger partial charge on any atom is -0.443 e. The fraction of sp³-hybridized carbons (Fsp3) is 0.481. The van der Waals surface area contributed by atoms with E-state index in [9.17, 15) is 22.8 Å². The molecule has 2 aliphatic rings. The third kappa shape index (κ3) is 6.81. The molecule has 0 atom stereocenters. The van der Waals surface area contributed by atoms with Crippen molar-refractivity contribution in [3.05, 3.63) is 58.7 Å². The van der Waals surface area contributed by atoms with Gasteiger partial charge in [-0.15, -0.1) is 0 Å². The Labute approximate surface area is 215 Å². The van der Waals surface area contributed by atoms with Gasteiger partial charge in [-0.25, -0.2) is 4.79 Å². The summed E-state index contributed by atoms with van der Waals surface area (Å²) in [6.45, 7) is 9.31. The first kappa shape index (κ1) is 26.9. The number of alkyl halides is 3. The molecule has 0 aliphatic carbocycles. The number of rotatable bonds is 4. The summed E-state index contributed by atoms with van der Waals surface area (Å²) in [7, 11) is 2.01. The van der Waals surface area contributed by atoms with Crippen molar-refractivity contribution in [1.29, 1.82) is 0 Å². The van der Waals surface area contributed by atoms with E-state index < -0.39 is 29.3 Å². The Bertz CT molecular complexity index is 1170. The zero-order chi connectivity index (χ0) is 27.0. The third-order valence-electron chi connectivity index (χ3n) is 6.44. The van der Waals surface area contributed by atoms with Gasteiger partial charge in [0, 0.05) is 50.5 Å². The molecule has 0 bridgehead atoms. The molecule has 0 spiro atoms. The van der Waals surface area contributed by atoms with E-state index in [4.69, 9.17) is 4.74 Å². The molecule has 1 saturated heterocycles. The van der Waals surface area contributed by atoms with Gasteiger partial charge in [0.2, 0.25) is 0 Å². The molecular weight excluding hydrogens is 485 g/mol. The summed E-state index contributed by atoms with van der Waals surface area (Å²) in [5.41, 5.74) is 0.797. The molecule has 7 nitrogen and oxygen atoms in total. The lowest BCUT2D eigenvalue weighted by atomic mass is 10.0. The van der Waals surface area contributed by atoms with Crippen LogP contribution in [0.1, 0.15) is 47.8 Å².